The first-order valence-electron chi connectivity index (χ1n) is 10.9. The number of carboxylic acid groups (broad SMARTS) is 1. The Kier molecular flexibility index (Phi) is 4.14. The quantitative estimate of drug-likeness (QED) is 0.700. The van der Waals surface area contributed by atoms with Gasteiger partial charge in [0.2, 0.25) is 0 Å². The molecule has 0 aliphatic heterocycles. The molecule has 8 atom stereocenters. The van der Waals surface area contributed by atoms with Crippen LogP contribution in [0, 0.1) is 40.9 Å². The predicted octanol–water partition coefficient (Wildman–Crippen LogP) is 4.37. The highest BCUT2D eigenvalue weighted by Crippen LogP contribution is 2.76. The van der Waals surface area contributed by atoms with Gasteiger partial charge in [0, 0.05) is 18.3 Å². The van der Waals surface area contributed by atoms with E-state index < -0.39 is 11.8 Å². The minimum Gasteiger partial charge on any atom is -0.501 e. The van der Waals surface area contributed by atoms with Crippen molar-refractivity contribution in [3.8, 4) is 0 Å². The highest BCUT2D eigenvalue weighted by Gasteiger charge is 2.75. The summed E-state index contributed by atoms with van der Waals surface area (Å²) in [5.74, 6) is 4.60. The number of allylic oxidation sites excluding steroid dienone is 4. The topological polar surface area (TPSA) is 76.0 Å². The van der Waals surface area contributed by atoms with Crippen molar-refractivity contribution < 1.29 is 24.5 Å². The fraction of sp³-hybridized carbons (Fsp3) is 0.783. The van der Waals surface area contributed by atoms with Crippen molar-refractivity contribution in [2.45, 2.75) is 57.5 Å². The van der Waals surface area contributed by atoms with Crippen LogP contribution in [-0.2, 0) is 9.47 Å². The van der Waals surface area contributed by atoms with E-state index in [2.05, 4.69) is 19.1 Å². The lowest BCUT2D eigenvalue weighted by molar-refractivity contribution is -0.145. The molecule has 0 aromatic heterocycles. The normalized spacial score (nSPS) is 48.2. The van der Waals surface area contributed by atoms with Gasteiger partial charge in [0.1, 0.15) is 0 Å². The number of hydrogen-bond acceptors (Lipinski definition) is 4. The average Bonchev–Trinajstić information content (AvgIpc) is 3.43. The number of carbonyl (C=O) groups is 1. The van der Waals surface area contributed by atoms with Crippen LogP contribution in [-0.4, -0.2) is 35.7 Å². The standard InChI is InChI=1S/C23H32O5/c1-22-8-7-16-15-6-4-14(27-2)11-13(15)3-5-17(16)20(22)18-12-19(18)23(22,26)9-10-28-21(24)25/h3,11,15-20,26H,4-10,12H2,1-2H3,(H,24,25)/t15-,16+,17+,18-,19+,20+,22-,23-/m0/s1. The summed E-state index contributed by atoms with van der Waals surface area (Å²) in [7, 11) is 1.77. The van der Waals surface area contributed by atoms with Crippen LogP contribution in [0.25, 0.3) is 0 Å². The molecule has 154 valence electrons. The van der Waals surface area contributed by atoms with Gasteiger partial charge >= 0.3 is 6.16 Å². The van der Waals surface area contributed by atoms with Crippen molar-refractivity contribution in [1.29, 1.82) is 0 Å². The van der Waals surface area contributed by atoms with Gasteiger partial charge in [0.15, 0.2) is 0 Å². The molecular formula is C23H32O5. The first kappa shape index (κ1) is 18.5. The van der Waals surface area contributed by atoms with E-state index in [1.807, 2.05) is 0 Å². The van der Waals surface area contributed by atoms with Crippen LogP contribution in [0.2, 0.25) is 0 Å². The fourth-order valence-electron chi connectivity index (χ4n) is 7.99. The molecule has 0 aromatic rings. The van der Waals surface area contributed by atoms with Crippen LogP contribution in [0.4, 0.5) is 4.79 Å². The van der Waals surface area contributed by atoms with Gasteiger partial charge in [-0.15, -0.1) is 0 Å². The molecule has 5 nitrogen and oxygen atoms in total. The van der Waals surface area contributed by atoms with E-state index in [9.17, 15) is 9.90 Å². The lowest BCUT2D eigenvalue weighted by Gasteiger charge is -2.56. The van der Waals surface area contributed by atoms with E-state index in [1.54, 1.807) is 7.11 Å². The van der Waals surface area contributed by atoms with Crippen LogP contribution in [0.5, 0.6) is 0 Å². The average molecular weight is 389 g/mol. The van der Waals surface area contributed by atoms with Gasteiger partial charge in [0.05, 0.1) is 25.1 Å². The highest BCUT2D eigenvalue weighted by molar-refractivity contribution is 5.56. The van der Waals surface area contributed by atoms with Crippen LogP contribution in [0.15, 0.2) is 23.5 Å². The molecule has 3 fully saturated rings. The minimum atomic E-state index is -1.25. The van der Waals surface area contributed by atoms with E-state index in [0.717, 1.165) is 37.9 Å². The third kappa shape index (κ3) is 2.44. The Balaban J connectivity index is 1.40. The first-order chi connectivity index (χ1) is 13.4. The van der Waals surface area contributed by atoms with Gasteiger partial charge in [-0.2, -0.15) is 0 Å². The zero-order chi connectivity index (χ0) is 19.7. The predicted molar refractivity (Wildman–Crippen MR) is 103 cm³/mol. The minimum absolute atomic E-state index is 0.0999. The van der Waals surface area contributed by atoms with Crippen LogP contribution in [0.3, 0.4) is 0 Å². The molecule has 0 spiro atoms. The van der Waals surface area contributed by atoms with Crippen molar-refractivity contribution in [2.75, 3.05) is 13.7 Å². The summed E-state index contributed by atoms with van der Waals surface area (Å²) in [6, 6.07) is 0. The lowest BCUT2D eigenvalue weighted by atomic mass is 9.49. The van der Waals surface area contributed by atoms with Gasteiger partial charge in [0.25, 0.3) is 0 Å². The maximum Gasteiger partial charge on any atom is 0.505 e. The molecule has 5 aliphatic carbocycles. The maximum atomic E-state index is 11.7. The third-order valence-corrected chi connectivity index (χ3v) is 9.22. The van der Waals surface area contributed by atoms with E-state index in [1.165, 1.54) is 12.0 Å². The van der Waals surface area contributed by atoms with Crippen molar-refractivity contribution in [3.63, 3.8) is 0 Å². The number of ether oxygens (including phenoxy) is 2. The molecule has 2 N–H and O–H groups in total. The zero-order valence-corrected chi connectivity index (χ0v) is 16.9. The fourth-order valence-corrected chi connectivity index (χ4v) is 7.99. The summed E-state index contributed by atoms with van der Waals surface area (Å²) in [5.41, 5.74) is 0.586. The van der Waals surface area contributed by atoms with Crippen LogP contribution >= 0.6 is 0 Å². The van der Waals surface area contributed by atoms with E-state index in [4.69, 9.17) is 14.6 Å². The molecule has 28 heavy (non-hydrogen) atoms. The third-order valence-electron chi connectivity index (χ3n) is 9.22. The summed E-state index contributed by atoms with van der Waals surface area (Å²) < 4.78 is 10.3. The van der Waals surface area contributed by atoms with Crippen molar-refractivity contribution >= 4 is 6.16 Å². The number of rotatable bonds is 4. The van der Waals surface area contributed by atoms with Crippen molar-refractivity contribution in [2.24, 2.45) is 40.9 Å². The SMILES string of the molecule is COC1=CC2=CC[C@@H]3[C@H](CC[C@@]4(C)[C@H]3[C@H]3C[C@H]3[C@@]4(O)CCOC(=O)O)[C@H]2CC1. The number of hydrogen-bond donors (Lipinski definition) is 2. The smallest absolute Gasteiger partial charge is 0.501 e. The molecule has 3 saturated carbocycles. The second kappa shape index (κ2) is 6.25. The second-order valence-corrected chi connectivity index (χ2v) is 10.0. The Hall–Kier alpha value is -1.49. The highest BCUT2D eigenvalue weighted by atomic mass is 16.7. The molecule has 0 saturated heterocycles. The van der Waals surface area contributed by atoms with Gasteiger partial charge in [-0.1, -0.05) is 13.0 Å². The molecular weight excluding hydrogens is 356 g/mol. The summed E-state index contributed by atoms with van der Waals surface area (Å²) in [5, 5.41) is 20.6. The molecule has 5 rings (SSSR count). The zero-order valence-electron chi connectivity index (χ0n) is 16.9. The Morgan fingerprint density at radius 3 is 2.86 bits per heavy atom. The Morgan fingerprint density at radius 1 is 1.29 bits per heavy atom. The number of methoxy groups -OCH3 is 1. The van der Waals surface area contributed by atoms with Gasteiger partial charge in [-0.3, -0.25) is 0 Å². The monoisotopic (exact) mass is 388 g/mol. The van der Waals surface area contributed by atoms with Crippen LogP contribution in [0.1, 0.15) is 51.9 Å². The van der Waals surface area contributed by atoms with Gasteiger partial charge in [-0.25, -0.2) is 4.79 Å². The van der Waals surface area contributed by atoms with E-state index in [0.29, 0.717) is 41.9 Å². The molecule has 0 heterocycles. The summed E-state index contributed by atoms with van der Waals surface area (Å²) in [6.45, 7) is 2.38. The Bertz CT molecular complexity index is 741. The lowest BCUT2D eigenvalue weighted by Crippen LogP contribution is -2.55. The summed E-state index contributed by atoms with van der Waals surface area (Å²) >= 11 is 0. The molecule has 5 aliphatic rings. The van der Waals surface area contributed by atoms with Gasteiger partial charge in [-0.05, 0) is 79.3 Å². The molecule has 0 aromatic carbocycles. The van der Waals surface area contributed by atoms with Gasteiger partial charge < -0.3 is 19.7 Å². The van der Waals surface area contributed by atoms with Crippen molar-refractivity contribution in [1.82, 2.24) is 0 Å². The maximum absolute atomic E-state index is 11.7. The van der Waals surface area contributed by atoms with E-state index >= 15 is 0 Å². The molecule has 5 heteroatoms. The molecule has 0 bridgehead atoms. The summed E-state index contributed by atoms with van der Waals surface area (Å²) in [4.78, 5) is 10.8. The number of aliphatic hydroxyl groups is 1. The molecule has 0 amide bonds. The van der Waals surface area contributed by atoms with Crippen molar-refractivity contribution in [3.05, 3.63) is 23.5 Å². The Labute approximate surface area is 166 Å². The second-order valence-electron chi connectivity index (χ2n) is 10.0. The summed E-state index contributed by atoms with van der Waals surface area (Å²) in [6.07, 6.45) is 10.5. The Morgan fingerprint density at radius 2 is 2.11 bits per heavy atom. The molecule has 0 unspecified atom stereocenters. The van der Waals surface area contributed by atoms with Crippen LogP contribution < -0.4 is 0 Å². The number of fused-ring (bicyclic) bond motifs is 7. The largest absolute Gasteiger partial charge is 0.505 e. The van der Waals surface area contributed by atoms with E-state index in [-0.39, 0.29) is 12.0 Å². The first-order valence-corrected chi connectivity index (χ1v) is 10.9. The molecule has 0 radical (unpaired) electrons.